The fraction of sp³-hybridized carbons (Fsp3) is 0.316. The van der Waals surface area contributed by atoms with Crippen LogP contribution in [0.1, 0.15) is 31.9 Å². The highest BCUT2D eigenvalue weighted by Crippen LogP contribution is 2.24. The number of nitrogens with one attached hydrogen (secondary N) is 2. The minimum absolute atomic E-state index is 0.221. The molecule has 0 fully saturated rings. The molecule has 3 rings (SSSR count). The van der Waals surface area contributed by atoms with Gasteiger partial charge < -0.3 is 19.6 Å². The van der Waals surface area contributed by atoms with Crippen molar-refractivity contribution in [3.63, 3.8) is 0 Å². The van der Waals surface area contributed by atoms with Crippen LogP contribution < -0.4 is 10.6 Å². The summed E-state index contributed by atoms with van der Waals surface area (Å²) in [4.78, 5) is 20.2. The molecule has 0 aliphatic heterocycles. The van der Waals surface area contributed by atoms with Gasteiger partial charge in [-0.25, -0.2) is 14.8 Å². The van der Waals surface area contributed by atoms with E-state index in [1.54, 1.807) is 18.7 Å². The van der Waals surface area contributed by atoms with Crippen LogP contribution in [-0.2, 0) is 6.54 Å². The van der Waals surface area contributed by atoms with Crippen LogP contribution in [0.25, 0.3) is 11.5 Å². The number of imidazole rings is 1. The molecule has 2 amide bonds. The molecule has 1 aromatic carbocycles. The molecule has 2 aromatic heterocycles. The number of anilines is 1. The van der Waals surface area contributed by atoms with Crippen molar-refractivity contribution in [3.8, 4) is 11.5 Å². The molecule has 0 spiro atoms. The highest BCUT2D eigenvalue weighted by Gasteiger charge is 2.09. The number of aromatic nitrogens is 3. The van der Waals surface area contributed by atoms with Crippen LogP contribution in [0.4, 0.5) is 10.5 Å². The molecule has 0 unspecified atom stereocenters. The minimum Gasteiger partial charge on any atom is -0.441 e. The molecule has 7 heteroatoms. The minimum atomic E-state index is -0.221. The fourth-order valence-electron chi connectivity index (χ4n) is 2.44. The number of nitrogens with zero attached hydrogens (tertiary/aromatic N) is 3. The molecule has 136 valence electrons. The SMILES string of the molecule is CC(C)c1cnc(-c2ccc(NC(=O)NCCCn3ccnc3)cc2)o1. The predicted octanol–water partition coefficient (Wildman–Crippen LogP) is 3.87. The van der Waals surface area contributed by atoms with Crippen LogP contribution in [0.3, 0.4) is 0 Å². The van der Waals surface area contributed by atoms with Gasteiger partial charge >= 0.3 is 6.03 Å². The lowest BCUT2D eigenvalue weighted by atomic mass is 10.2. The highest BCUT2D eigenvalue weighted by molar-refractivity contribution is 5.89. The summed E-state index contributed by atoms with van der Waals surface area (Å²) in [6, 6.07) is 7.20. The first-order chi connectivity index (χ1) is 12.6. The second-order valence-corrected chi connectivity index (χ2v) is 6.33. The van der Waals surface area contributed by atoms with Gasteiger partial charge in [-0.3, -0.25) is 0 Å². The summed E-state index contributed by atoms with van der Waals surface area (Å²) in [5, 5.41) is 5.66. The Hall–Kier alpha value is -3.09. The van der Waals surface area contributed by atoms with E-state index < -0.39 is 0 Å². The lowest BCUT2D eigenvalue weighted by molar-refractivity contribution is 0.252. The van der Waals surface area contributed by atoms with Crippen LogP contribution in [0.5, 0.6) is 0 Å². The van der Waals surface area contributed by atoms with Gasteiger partial charge in [0, 0.05) is 42.7 Å². The third kappa shape index (κ3) is 4.72. The monoisotopic (exact) mass is 353 g/mol. The number of hydrogen-bond acceptors (Lipinski definition) is 4. The van der Waals surface area contributed by atoms with E-state index in [-0.39, 0.29) is 6.03 Å². The van der Waals surface area contributed by atoms with Crippen molar-refractivity contribution in [1.82, 2.24) is 19.9 Å². The number of amides is 2. The van der Waals surface area contributed by atoms with E-state index in [1.165, 1.54) is 0 Å². The first kappa shape index (κ1) is 17.7. The molecular formula is C19H23N5O2. The van der Waals surface area contributed by atoms with Gasteiger partial charge in [-0.15, -0.1) is 0 Å². The molecular weight excluding hydrogens is 330 g/mol. The van der Waals surface area contributed by atoms with Gasteiger partial charge in [0.05, 0.1) is 12.5 Å². The zero-order valence-electron chi connectivity index (χ0n) is 15.0. The molecule has 0 saturated carbocycles. The van der Waals surface area contributed by atoms with E-state index >= 15 is 0 Å². The third-order valence-electron chi connectivity index (χ3n) is 3.92. The van der Waals surface area contributed by atoms with E-state index in [2.05, 4.69) is 34.4 Å². The summed E-state index contributed by atoms with van der Waals surface area (Å²) in [5.41, 5.74) is 1.60. The van der Waals surface area contributed by atoms with Crippen molar-refractivity contribution in [2.45, 2.75) is 32.7 Å². The smallest absolute Gasteiger partial charge is 0.319 e. The molecule has 0 bridgehead atoms. The molecule has 2 heterocycles. The van der Waals surface area contributed by atoms with Crippen molar-refractivity contribution in [2.75, 3.05) is 11.9 Å². The summed E-state index contributed by atoms with van der Waals surface area (Å²) in [6.07, 6.45) is 8.00. The van der Waals surface area contributed by atoms with Gasteiger partial charge in [0.15, 0.2) is 0 Å². The number of oxazole rings is 1. The predicted molar refractivity (Wildman–Crippen MR) is 99.9 cm³/mol. The van der Waals surface area contributed by atoms with E-state index in [1.807, 2.05) is 35.0 Å². The molecule has 0 aliphatic rings. The van der Waals surface area contributed by atoms with Crippen LogP contribution in [0.15, 0.2) is 53.6 Å². The number of urea groups is 1. The largest absolute Gasteiger partial charge is 0.441 e. The Kier molecular flexibility index (Phi) is 5.68. The van der Waals surface area contributed by atoms with Crippen molar-refractivity contribution in [3.05, 3.63) is 54.9 Å². The van der Waals surface area contributed by atoms with Gasteiger partial charge in [0.2, 0.25) is 5.89 Å². The molecule has 0 aliphatic carbocycles. The number of hydrogen-bond donors (Lipinski definition) is 2. The highest BCUT2D eigenvalue weighted by atomic mass is 16.4. The molecule has 7 nitrogen and oxygen atoms in total. The molecule has 0 atom stereocenters. The zero-order chi connectivity index (χ0) is 18.4. The first-order valence-corrected chi connectivity index (χ1v) is 8.68. The van der Waals surface area contributed by atoms with E-state index in [0.717, 1.165) is 30.0 Å². The average molecular weight is 353 g/mol. The third-order valence-corrected chi connectivity index (χ3v) is 3.92. The van der Waals surface area contributed by atoms with Gasteiger partial charge in [0.1, 0.15) is 5.76 Å². The molecule has 3 aromatic rings. The Bertz CT molecular complexity index is 822. The fourth-order valence-corrected chi connectivity index (χ4v) is 2.44. The number of rotatable bonds is 7. The summed E-state index contributed by atoms with van der Waals surface area (Å²) in [6.45, 7) is 5.54. The Balaban J connectivity index is 1.46. The standard InChI is InChI=1S/C19H23N5O2/c1-14(2)17-12-22-18(26-17)15-4-6-16(7-5-15)23-19(25)21-8-3-10-24-11-9-20-13-24/h4-7,9,11-14H,3,8,10H2,1-2H3,(H2,21,23,25). The number of carbonyl (C=O) groups excluding carboxylic acids is 1. The van der Waals surface area contributed by atoms with E-state index in [4.69, 9.17) is 4.42 Å². The summed E-state index contributed by atoms with van der Waals surface area (Å²) in [7, 11) is 0. The Morgan fingerprint density at radius 1 is 1.27 bits per heavy atom. The Morgan fingerprint density at radius 2 is 2.08 bits per heavy atom. The Morgan fingerprint density at radius 3 is 2.73 bits per heavy atom. The maximum atomic E-state index is 11.9. The molecule has 0 radical (unpaired) electrons. The van der Waals surface area contributed by atoms with E-state index in [0.29, 0.717) is 18.4 Å². The molecule has 26 heavy (non-hydrogen) atoms. The van der Waals surface area contributed by atoms with Crippen LogP contribution in [-0.4, -0.2) is 27.1 Å². The molecule has 2 N–H and O–H groups in total. The number of benzene rings is 1. The zero-order valence-corrected chi connectivity index (χ0v) is 15.0. The van der Waals surface area contributed by atoms with E-state index in [9.17, 15) is 4.79 Å². The van der Waals surface area contributed by atoms with Crippen LogP contribution in [0.2, 0.25) is 0 Å². The van der Waals surface area contributed by atoms with Crippen LogP contribution >= 0.6 is 0 Å². The van der Waals surface area contributed by atoms with Crippen molar-refractivity contribution in [2.24, 2.45) is 0 Å². The summed E-state index contributed by atoms with van der Waals surface area (Å²) < 4.78 is 7.71. The van der Waals surface area contributed by atoms with Crippen molar-refractivity contribution < 1.29 is 9.21 Å². The van der Waals surface area contributed by atoms with Crippen LogP contribution in [0, 0.1) is 0 Å². The number of aryl methyl sites for hydroxylation is 1. The maximum Gasteiger partial charge on any atom is 0.319 e. The Labute approximate surface area is 152 Å². The quantitative estimate of drug-likeness (QED) is 0.631. The van der Waals surface area contributed by atoms with Crippen molar-refractivity contribution in [1.29, 1.82) is 0 Å². The second kappa shape index (κ2) is 8.33. The van der Waals surface area contributed by atoms with Gasteiger partial charge in [0.25, 0.3) is 0 Å². The van der Waals surface area contributed by atoms with Gasteiger partial charge in [-0.05, 0) is 30.7 Å². The second-order valence-electron chi connectivity index (χ2n) is 6.33. The maximum absolute atomic E-state index is 11.9. The average Bonchev–Trinajstić information content (AvgIpc) is 3.31. The topological polar surface area (TPSA) is 85.0 Å². The summed E-state index contributed by atoms with van der Waals surface area (Å²) in [5.74, 6) is 1.75. The first-order valence-electron chi connectivity index (χ1n) is 8.68. The molecule has 0 saturated heterocycles. The van der Waals surface area contributed by atoms with Crippen molar-refractivity contribution >= 4 is 11.7 Å². The van der Waals surface area contributed by atoms with Gasteiger partial charge in [-0.1, -0.05) is 13.8 Å². The number of carbonyl (C=O) groups is 1. The normalized spacial score (nSPS) is 10.9. The lowest BCUT2D eigenvalue weighted by Crippen LogP contribution is -2.29. The van der Waals surface area contributed by atoms with Gasteiger partial charge in [-0.2, -0.15) is 0 Å². The lowest BCUT2D eigenvalue weighted by Gasteiger charge is -2.08. The summed E-state index contributed by atoms with van der Waals surface area (Å²) >= 11 is 0.